The largest absolute Gasteiger partial charge is 0.494 e. The molecule has 0 spiro atoms. The Kier molecular flexibility index (Phi) is 7.79. The van der Waals surface area contributed by atoms with Crippen LogP contribution in [-0.2, 0) is 16.1 Å². The Labute approximate surface area is 158 Å². The molecule has 1 amide bonds. The number of benzene rings is 2. The maximum atomic E-state index is 12.9. The highest BCUT2D eigenvalue weighted by Gasteiger charge is 2.18. The average molecular weight is 373 g/mol. The summed E-state index contributed by atoms with van der Waals surface area (Å²) in [6, 6.07) is 12.4. The molecule has 2 aromatic rings. The Morgan fingerprint density at radius 1 is 1.07 bits per heavy atom. The van der Waals surface area contributed by atoms with E-state index in [1.54, 1.807) is 36.4 Å². The molecular formula is C21H24FNO4. The average Bonchev–Trinajstić information content (AvgIpc) is 2.68. The van der Waals surface area contributed by atoms with E-state index >= 15 is 0 Å². The number of amides is 1. The zero-order chi connectivity index (χ0) is 19.6. The van der Waals surface area contributed by atoms with Gasteiger partial charge in [-0.2, -0.15) is 0 Å². The fraction of sp³-hybridized carbons (Fsp3) is 0.333. The monoisotopic (exact) mass is 373 g/mol. The number of hydrogen-bond donors (Lipinski definition) is 1. The van der Waals surface area contributed by atoms with Crippen LogP contribution in [0.4, 0.5) is 4.39 Å². The number of unbranched alkanes of at least 4 members (excludes halogenated alkanes) is 1. The summed E-state index contributed by atoms with van der Waals surface area (Å²) in [5.41, 5.74) is 1.10. The number of carbonyl (C=O) groups is 2. The summed E-state index contributed by atoms with van der Waals surface area (Å²) in [4.78, 5) is 24.2. The van der Waals surface area contributed by atoms with Gasteiger partial charge in [0.15, 0.2) is 6.10 Å². The molecule has 0 saturated heterocycles. The first kappa shape index (κ1) is 20.4. The third-order valence-electron chi connectivity index (χ3n) is 3.89. The third kappa shape index (κ3) is 6.73. The fourth-order valence-electron chi connectivity index (χ4n) is 2.24. The van der Waals surface area contributed by atoms with Gasteiger partial charge in [-0.25, -0.2) is 9.18 Å². The number of rotatable bonds is 9. The number of hydrogen-bond acceptors (Lipinski definition) is 4. The number of carbonyl (C=O) groups excluding carboxylic acids is 2. The van der Waals surface area contributed by atoms with Crippen LogP contribution in [0.2, 0.25) is 0 Å². The van der Waals surface area contributed by atoms with E-state index in [1.807, 2.05) is 0 Å². The van der Waals surface area contributed by atoms with E-state index in [9.17, 15) is 14.0 Å². The van der Waals surface area contributed by atoms with Gasteiger partial charge in [-0.1, -0.05) is 25.5 Å². The van der Waals surface area contributed by atoms with E-state index in [2.05, 4.69) is 12.2 Å². The summed E-state index contributed by atoms with van der Waals surface area (Å²) in [5, 5.41) is 2.65. The van der Waals surface area contributed by atoms with Crippen molar-refractivity contribution in [3.05, 3.63) is 65.5 Å². The zero-order valence-corrected chi connectivity index (χ0v) is 15.5. The van der Waals surface area contributed by atoms with E-state index in [4.69, 9.17) is 9.47 Å². The molecular weight excluding hydrogens is 349 g/mol. The second-order valence-corrected chi connectivity index (χ2v) is 6.12. The Bertz CT molecular complexity index is 744. The van der Waals surface area contributed by atoms with Crippen molar-refractivity contribution in [2.45, 2.75) is 39.3 Å². The van der Waals surface area contributed by atoms with Crippen molar-refractivity contribution >= 4 is 11.9 Å². The highest BCUT2D eigenvalue weighted by atomic mass is 19.1. The molecule has 27 heavy (non-hydrogen) atoms. The van der Waals surface area contributed by atoms with E-state index in [1.165, 1.54) is 19.1 Å². The first-order chi connectivity index (χ1) is 13.0. The Morgan fingerprint density at radius 2 is 1.74 bits per heavy atom. The predicted octanol–water partition coefficient (Wildman–Crippen LogP) is 3.87. The molecule has 1 unspecified atom stereocenters. The normalized spacial score (nSPS) is 11.5. The van der Waals surface area contributed by atoms with Crippen LogP contribution < -0.4 is 10.1 Å². The predicted molar refractivity (Wildman–Crippen MR) is 100.0 cm³/mol. The maximum absolute atomic E-state index is 12.9. The van der Waals surface area contributed by atoms with Crippen LogP contribution in [0.1, 0.15) is 42.6 Å². The third-order valence-corrected chi connectivity index (χ3v) is 3.89. The number of ether oxygens (including phenoxy) is 2. The van der Waals surface area contributed by atoms with Gasteiger partial charge in [0.05, 0.1) is 12.2 Å². The molecule has 0 aliphatic heterocycles. The van der Waals surface area contributed by atoms with Crippen LogP contribution in [-0.4, -0.2) is 24.6 Å². The van der Waals surface area contributed by atoms with E-state index in [0.29, 0.717) is 17.9 Å². The standard InChI is InChI=1S/C21H24FNO4/c1-3-4-13-26-19-11-7-17(8-12-19)21(25)27-15(2)20(24)23-14-16-5-9-18(22)10-6-16/h5-12,15H,3-4,13-14H2,1-2H3,(H,23,24). The first-order valence-corrected chi connectivity index (χ1v) is 8.95. The minimum atomic E-state index is -0.946. The van der Waals surface area contributed by atoms with Crippen molar-refractivity contribution in [3.63, 3.8) is 0 Å². The Hall–Kier alpha value is -2.89. The summed E-state index contributed by atoms with van der Waals surface area (Å²) < 4.78 is 23.6. The van der Waals surface area contributed by atoms with Crippen molar-refractivity contribution in [2.24, 2.45) is 0 Å². The molecule has 1 N–H and O–H groups in total. The van der Waals surface area contributed by atoms with Gasteiger partial charge in [0.25, 0.3) is 5.91 Å². The Balaban J connectivity index is 1.81. The van der Waals surface area contributed by atoms with Gasteiger partial charge in [0.1, 0.15) is 11.6 Å². The van der Waals surface area contributed by atoms with Crippen LogP contribution in [0.5, 0.6) is 5.75 Å². The molecule has 5 nitrogen and oxygen atoms in total. The highest BCUT2D eigenvalue weighted by Crippen LogP contribution is 2.14. The number of nitrogens with one attached hydrogen (secondary N) is 1. The van der Waals surface area contributed by atoms with E-state index < -0.39 is 18.0 Å². The van der Waals surface area contributed by atoms with Crippen molar-refractivity contribution in [1.82, 2.24) is 5.32 Å². The lowest BCUT2D eigenvalue weighted by atomic mass is 10.2. The van der Waals surface area contributed by atoms with Crippen LogP contribution in [0.25, 0.3) is 0 Å². The lowest BCUT2D eigenvalue weighted by Gasteiger charge is -2.14. The molecule has 144 valence electrons. The molecule has 0 aliphatic carbocycles. The van der Waals surface area contributed by atoms with Gasteiger partial charge < -0.3 is 14.8 Å². The second kappa shape index (κ2) is 10.3. The smallest absolute Gasteiger partial charge is 0.338 e. The zero-order valence-electron chi connectivity index (χ0n) is 15.5. The molecule has 0 aliphatic rings. The molecule has 6 heteroatoms. The van der Waals surface area contributed by atoms with Crippen LogP contribution in [0.15, 0.2) is 48.5 Å². The van der Waals surface area contributed by atoms with E-state index in [-0.39, 0.29) is 12.4 Å². The molecule has 0 fully saturated rings. The lowest BCUT2D eigenvalue weighted by molar-refractivity contribution is -0.129. The summed E-state index contributed by atoms with van der Waals surface area (Å²) in [6.45, 7) is 4.44. The minimum Gasteiger partial charge on any atom is -0.494 e. The lowest BCUT2D eigenvalue weighted by Crippen LogP contribution is -2.35. The molecule has 0 aromatic heterocycles. The Morgan fingerprint density at radius 3 is 2.37 bits per heavy atom. The summed E-state index contributed by atoms with van der Waals surface area (Å²) >= 11 is 0. The van der Waals surface area contributed by atoms with Crippen molar-refractivity contribution in [3.8, 4) is 5.75 Å². The molecule has 0 heterocycles. The fourth-order valence-corrected chi connectivity index (χ4v) is 2.24. The molecule has 0 radical (unpaired) electrons. The molecule has 0 saturated carbocycles. The van der Waals surface area contributed by atoms with Gasteiger partial charge in [0.2, 0.25) is 0 Å². The molecule has 1 atom stereocenters. The summed E-state index contributed by atoms with van der Waals surface area (Å²) in [5.74, 6) is -0.661. The highest BCUT2D eigenvalue weighted by molar-refractivity contribution is 5.92. The van der Waals surface area contributed by atoms with Gasteiger partial charge in [-0.15, -0.1) is 0 Å². The van der Waals surface area contributed by atoms with E-state index in [0.717, 1.165) is 18.4 Å². The van der Waals surface area contributed by atoms with Gasteiger partial charge in [0, 0.05) is 6.54 Å². The minimum absolute atomic E-state index is 0.227. The summed E-state index contributed by atoms with van der Waals surface area (Å²) in [6.07, 6.45) is 1.07. The second-order valence-electron chi connectivity index (χ2n) is 6.12. The number of halogens is 1. The number of esters is 1. The molecule has 2 aromatic carbocycles. The van der Waals surface area contributed by atoms with Crippen LogP contribution in [0.3, 0.4) is 0 Å². The maximum Gasteiger partial charge on any atom is 0.338 e. The van der Waals surface area contributed by atoms with Gasteiger partial charge in [-0.3, -0.25) is 4.79 Å². The van der Waals surface area contributed by atoms with Gasteiger partial charge in [-0.05, 0) is 55.3 Å². The van der Waals surface area contributed by atoms with Crippen LogP contribution >= 0.6 is 0 Å². The van der Waals surface area contributed by atoms with Gasteiger partial charge >= 0.3 is 5.97 Å². The molecule has 0 bridgehead atoms. The van der Waals surface area contributed by atoms with Crippen molar-refractivity contribution < 1.29 is 23.5 Å². The topological polar surface area (TPSA) is 64.6 Å². The van der Waals surface area contributed by atoms with Crippen molar-refractivity contribution in [1.29, 1.82) is 0 Å². The van der Waals surface area contributed by atoms with Crippen LogP contribution in [0, 0.1) is 5.82 Å². The quantitative estimate of drug-likeness (QED) is 0.535. The first-order valence-electron chi connectivity index (χ1n) is 8.95. The van der Waals surface area contributed by atoms with Crippen molar-refractivity contribution in [2.75, 3.05) is 6.61 Å². The SMILES string of the molecule is CCCCOc1ccc(C(=O)OC(C)C(=O)NCc2ccc(F)cc2)cc1. The molecule has 2 rings (SSSR count). The summed E-state index contributed by atoms with van der Waals surface area (Å²) in [7, 11) is 0.